The fraction of sp³-hybridized carbons (Fsp3) is 0.600. The Balaban J connectivity index is 2.06. The van der Waals surface area contributed by atoms with E-state index in [0.29, 0.717) is 6.61 Å². The topological polar surface area (TPSA) is 65.1 Å². The summed E-state index contributed by atoms with van der Waals surface area (Å²) in [5.74, 6) is -0.632. The molecule has 0 spiro atoms. The van der Waals surface area contributed by atoms with Crippen molar-refractivity contribution in [3.05, 3.63) is 29.8 Å². The Kier molecular flexibility index (Phi) is 5.81. The summed E-state index contributed by atoms with van der Waals surface area (Å²) < 4.78 is 16.3. The first-order chi connectivity index (χ1) is 12.6. The van der Waals surface area contributed by atoms with Gasteiger partial charge in [0.05, 0.1) is 26.2 Å². The number of hydrogen-bond donors (Lipinski definition) is 0. The molecule has 6 nitrogen and oxygen atoms in total. The highest BCUT2D eigenvalue weighted by Gasteiger charge is 2.58. The zero-order valence-corrected chi connectivity index (χ0v) is 15.6. The van der Waals surface area contributed by atoms with Crippen LogP contribution in [0.2, 0.25) is 0 Å². The number of para-hydroxylation sites is 1. The zero-order valence-electron chi connectivity index (χ0n) is 15.6. The van der Waals surface area contributed by atoms with Gasteiger partial charge in [0.1, 0.15) is 11.8 Å². The molecule has 6 heteroatoms. The minimum atomic E-state index is -0.640. The average molecular weight is 361 g/mol. The van der Waals surface area contributed by atoms with E-state index in [1.165, 1.54) is 7.11 Å². The number of methoxy groups -OCH3 is 1. The molecule has 0 aliphatic carbocycles. The lowest BCUT2D eigenvalue weighted by Gasteiger charge is -2.34. The van der Waals surface area contributed by atoms with Crippen molar-refractivity contribution in [1.29, 1.82) is 0 Å². The zero-order chi connectivity index (χ0) is 18.7. The van der Waals surface area contributed by atoms with E-state index in [1.807, 2.05) is 24.3 Å². The lowest BCUT2D eigenvalue weighted by atomic mass is 9.83. The van der Waals surface area contributed by atoms with Crippen molar-refractivity contribution in [1.82, 2.24) is 4.90 Å². The van der Waals surface area contributed by atoms with Gasteiger partial charge in [-0.2, -0.15) is 0 Å². The van der Waals surface area contributed by atoms with E-state index < -0.39 is 12.0 Å². The fourth-order valence-corrected chi connectivity index (χ4v) is 4.27. The van der Waals surface area contributed by atoms with Crippen molar-refractivity contribution in [2.75, 3.05) is 26.9 Å². The first-order valence-corrected chi connectivity index (χ1v) is 9.35. The second-order valence-electron chi connectivity index (χ2n) is 6.79. The Bertz CT molecular complexity index is 661. The van der Waals surface area contributed by atoms with Crippen LogP contribution in [0.15, 0.2) is 24.3 Å². The van der Waals surface area contributed by atoms with Gasteiger partial charge < -0.3 is 14.2 Å². The van der Waals surface area contributed by atoms with Crippen molar-refractivity contribution in [3.8, 4) is 5.75 Å². The van der Waals surface area contributed by atoms with E-state index in [2.05, 4.69) is 11.8 Å². The number of esters is 2. The Labute approximate surface area is 154 Å². The maximum atomic E-state index is 12.8. The van der Waals surface area contributed by atoms with Gasteiger partial charge in [0.2, 0.25) is 0 Å². The van der Waals surface area contributed by atoms with E-state index in [9.17, 15) is 9.59 Å². The van der Waals surface area contributed by atoms with E-state index >= 15 is 0 Å². The van der Waals surface area contributed by atoms with Gasteiger partial charge in [-0.25, -0.2) is 0 Å². The molecule has 26 heavy (non-hydrogen) atoms. The summed E-state index contributed by atoms with van der Waals surface area (Å²) in [6.45, 7) is 5.29. The lowest BCUT2D eigenvalue weighted by molar-refractivity contribution is -0.158. The minimum absolute atomic E-state index is 0.0509. The van der Waals surface area contributed by atoms with Crippen molar-refractivity contribution < 1.29 is 23.8 Å². The van der Waals surface area contributed by atoms with E-state index in [-0.39, 0.29) is 30.5 Å². The van der Waals surface area contributed by atoms with E-state index in [4.69, 9.17) is 14.2 Å². The molecule has 1 saturated heterocycles. The van der Waals surface area contributed by atoms with Crippen LogP contribution in [-0.2, 0) is 19.1 Å². The molecule has 4 atom stereocenters. The molecule has 0 saturated carbocycles. The number of hydrogen-bond acceptors (Lipinski definition) is 6. The largest absolute Gasteiger partial charge is 0.493 e. The van der Waals surface area contributed by atoms with E-state index in [1.54, 1.807) is 6.92 Å². The van der Waals surface area contributed by atoms with Crippen LogP contribution in [0.25, 0.3) is 0 Å². The molecule has 3 rings (SSSR count). The molecule has 2 aliphatic rings. The first kappa shape index (κ1) is 18.7. The number of benzene rings is 1. The van der Waals surface area contributed by atoms with Crippen LogP contribution in [0.3, 0.4) is 0 Å². The van der Waals surface area contributed by atoms with Crippen LogP contribution in [-0.4, -0.2) is 49.7 Å². The van der Waals surface area contributed by atoms with Gasteiger partial charge in [0, 0.05) is 17.5 Å². The summed E-state index contributed by atoms with van der Waals surface area (Å²) >= 11 is 0. The number of carbonyl (C=O) groups excluding carboxylic acids is 2. The van der Waals surface area contributed by atoms with Crippen molar-refractivity contribution >= 4 is 11.9 Å². The lowest BCUT2D eigenvalue weighted by Crippen LogP contribution is -2.44. The Hall–Kier alpha value is -2.08. The van der Waals surface area contributed by atoms with Gasteiger partial charge in [-0.1, -0.05) is 31.5 Å². The van der Waals surface area contributed by atoms with Crippen molar-refractivity contribution in [3.63, 3.8) is 0 Å². The van der Waals surface area contributed by atoms with Crippen molar-refractivity contribution in [2.45, 2.75) is 38.8 Å². The number of unbranched alkanes of at least 4 members (excludes halogenated alkanes) is 1. The third-order valence-electron chi connectivity index (χ3n) is 5.36. The molecule has 0 radical (unpaired) electrons. The fourth-order valence-electron chi connectivity index (χ4n) is 4.27. The van der Waals surface area contributed by atoms with Gasteiger partial charge in [0.25, 0.3) is 0 Å². The molecule has 1 aromatic rings. The molecule has 1 aromatic carbocycles. The van der Waals surface area contributed by atoms with Crippen LogP contribution in [0, 0.1) is 11.8 Å². The molecular formula is C20H27NO5. The molecule has 2 aliphatic heterocycles. The standard InChI is InChI=1S/C20H27NO5/c1-4-6-11-21-17-13-9-7-8-10-15(13)26-12-14(17)16(19(22)24-3)18(21)20(23)25-5-2/h7-10,14,16-18H,4-6,11-12H2,1-3H3/t14-,16-,17-,18+/m0/s1. The average Bonchev–Trinajstić information content (AvgIpc) is 3.00. The third kappa shape index (κ3) is 3.18. The molecular weight excluding hydrogens is 334 g/mol. The predicted molar refractivity (Wildman–Crippen MR) is 95.7 cm³/mol. The maximum absolute atomic E-state index is 12.8. The molecule has 0 unspecified atom stereocenters. The second kappa shape index (κ2) is 8.08. The molecule has 0 bridgehead atoms. The number of fused-ring (bicyclic) bond motifs is 3. The highest BCUT2D eigenvalue weighted by atomic mass is 16.5. The normalized spacial score (nSPS) is 27.2. The van der Waals surface area contributed by atoms with Gasteiger partial charge in [-0.3, -0.25) is 14.5 Å². The summed E-state index contributed by atoms with van der Waals surface area (Å²) in [6.07, 6.45) is 1.94. The molecule has 1 fully saturated rings. The number of nitrogens with zero attached hydrogens (tertiary/aromatic N) is 1. The quantitative estimate of drug-likeness (QED) is 0.726. The minimum Gasteiger partial charge on any atom is -0.493 e. The summed E-state index contributed by atoms with van der Waals surface area (Å²) in [7, 11) is 1.37. The Morgan fingerprint density at radius 3 is 2.69 bits per heavy atom. The highest BCUT2D eigenvalue weighted by molar-refractivity contribution is 5.86. The number of likely N-dealkylation sites (tertiary alicyclic amines) is 1. The SMILES string of the molecule is CCCCN1[C@@H](C(=O)OCC)[C@@H](C(=O)OC)[C@@H]2COc3ccccc3[C@@H]21. The molecule has 0 amide bonds. The van der Waals surface area contributed by atoms with Gasteiger partial charge in [0.15, 0.2) is 0 Å². The Morgan fingerprint density at radius 1 is 1.23 bits per heavy atom. The summed E-state index contributed by atoms with van der Waals surface area (Å²) in [5.41, 5.74) is 1.03. The monoisotopic (exact) mass is 361 g/mol. The van der Waals surface area contributed by atoms with Crippen LogP contribution < -0.4 is 4.74 Å². The van der Waals surface area contributed by atoms with Gasteiger partial charge in [-0.15, -0.1) is 0 Å². The Morgan fingerprint density at radius 2 is 2.00 bits per heavy atom. The third-order valence-corrected chi connectivity index (χ3v) is 5.36. The number of ether oxygens (including phenoxy) is 3. The molecule has 142 valence electrons. The summed E-state index contributed by atoms with van der Waals surface area (Å²) in [5, 5.41) is 0. The smallest absolute Gasteiger partial charge is 0.324 e. The van der Waals surface area contributed by atoms with Gasteiger partial charge in [-0.05, 0) is 26.0 Å². The molecule has 0 aromatic heterocycles. The van der Waals surface area contributed by atoms with Crippen LogP contribution in [0.5, 0.6) is 5.75 Å². The summed E-state index contributed by atoms with van der Waals surface area (Å²) in [4.78, 5) is 27.5. The molecule has 0 N–H and O–H groups in total. The highest BCUT2D eigenvalue weighted by Crippen LogP contribution is 2.50. The van der Waals surface area contributed by atoms with Gasteiger partial charge >= 0.3 is 11.9 Å². The summed E-state index contributed by atoms with van der Waals surface area (Å²) in [6, 6.07) is 7.17. The predicted octanol–water partition coefficient (Wildman–Crippen LogP) is 2.57. The first-order valence-electron chi connectivity index (χ1n) is 9.35. The number of rotatable bonds is 6. The second-order valence-corrected chi connectivity index (χ2v) is 6.79. The van der Waals surface area contributed by atoms with Crippen molar-refractivity contribution in [2.24, 2.45) is 11.8 Å². The number of carbonyl (C=O) groups is 2. The van der Waals surface area contributed by atoms with Crippen LogP contribution >= 0.6 is 0 Å². The molecule has 2 heterocycles. The maximum Gasteiger partial charge on any atom is 0.324 e. The van der Waals surface area contributed by atoms with Crippen LogP contribution in [0.4, 0.5) is 0 Å². The van der Waals surface area contributed by atoms with E-state index in [0.717, 1.165) is 30.7 Å². The van der Waals surface area contributed by atoms with Crippen LogP contribution in [0.1, 0.15) is 38.3 Å².